The highest BCUT2D eigenvalue weighted by Gasteiger charge is 2.20. The van der Waals surface area contributed by atoms with Gasteiger partial charge in [-0.05, 0) is 35.6 Å². The molecule has 0 saturated carbocycles. The van der Waals surface area contributed by atoms with Crippen molar-refractivity contribution < 1.29 is 9.59 Å². The molecule has 0 atom stereocenters. The second kappa shape index (κ2) is 7.13. The molecule has 1 aliphatic heterocycles. The molecule has 132 valence electrons. The van der Waals surface area contributed by atoms with Crippen molar-refractivity contribution in [3.05, 3.63) is 58.6 Å². The van der Waals surface area contributed by atoms with E-state index in [0.29, 0.717) is 18.0 Å². The van der Waals surface area contributed by atoms with Gasteiger partial charge < -0.3 is 15.2 Å². The number of fused-ring (bicyclic) bond motifs is 1. The Kier molecular flexibility index (Phi) is 4.53. The molecule has 0 saturated heterocycles. The van der Waals surface area contributed by atoms with Crippen LogP contribution in [0.15, 0.2) is 48.1 Å². The average Bonchev–Trinajstić information content (AvgIpc) is 3.36. The maximum Gasteiger partial charge on any atom is 0.261 e. The maximum absolute atomic E-state index is 12.3. The first-order valence-corrected chi connectivity index (χ1v) is 9.31. The zero-order valence-electron chi connectivity index (χ0n) is 14.1. The molecule has 3 aromatic heterocycles. The van der Waals surface area contributed by atoms with Gasteiger partial charge in [0.25, 0.3) is 5.91 Å². The Hall–Kier alpha value is -2.93. The van der Waals surface area contributed by atoms with Gasteiger partial charge in [-0.2, -0.15) is 0 Å². The van der Waals surface area contributed by atoms with Crippen LogP contribution in [0.25, 0.3) is 16.6 Å². The second-order valence-corrected chi connectivity index (χ2v) is 7.03. The van der Waals surface area contributed by atoms with Gasteiger partial charge in [0.05, 0.1) is 11.4 Å². The molecule has 7 heteroatoms. The summed E-state index contributed by atoms with van der Waals surface area (Å²) >= 11 is 1.36. The van der Waals surface area contributed by atoms with E-state index in [2.05, 4.69) is 21.4 Å². The van der Waals surface area contributed by atoms with Crippen LogP contribution in [0.1, 0.15) is 21.7 Å². The molecular weight excluding hydrogens is 348 g/mol. The van der Waals surface area contributed by atoms with E-state index in [1.165, 1.54) is 16.9 Å². The number of hydrogen-bond acceptors (Lipinski definition) is 4. The van der Waals surface area contributed by atoms with E-state index in [0.717, 1.165) is 23.0 Å². The summed E-state index contributed by atoms with van der Waals surface area (Å²) in [6, 6.07) is 7.54. The van der Waals surface area contributed by atoms with Gasteiger partial charge in [-0.25, -0.2) is 4.98 Å². The molecule has 6 nitrogen and oxygen atoms in total. The van der Waals surface area contributed by atoms with Gasteiger partial charge in [-0.15, -0.1) is 11.3 Å². The number of hydrogen-bond donors (Lipinski definition) is 2. The minimum atomic E-state index is -0.201. The third-order valence-corrected chi connectivity index (χ3v) is 5.37. The zero-order valence-corrected chi connectivity index (χ0v) is 14.9. The predicted octanol–water partition coefficient (Wildman–Crippen LogP) is 2.67. The highest BCUT2D eigenvalue weighted by Crippen LogP contribution is 2.28. The molecule has 26 heavy (non-hydrogen) atoms. The summed E-state index contributed by atoms with van der Waals surface area (Å²) < 4.78 is 0. The van der Waals surface area contributed by atoms with Crippen LogP contribution in [0.4, 0.5) is 0 Å². The Morgan fingerprint density at radius 3 is 3.00 bits per heavy atom. The van der Waals surface area contributed by atoms with E-state index in [9.17, 15) is 9.59 Å². The standard InChI is InChI=1S/C19H18N4O2S/c24-17(12-22-19(25)16-4-2-10-26-16)23-8-5-13(6-9-23)15-11-21-18-14(15)3-1-7-20-18/h1-5,7,10-11H,6,8-9,12H2,(H,20,21)(H,22,25). The largest absolute Gasteiger partial charge is 0.346 e. The summed E-state index contributed by atoms with van der Waals surface area (Å²) in [5.74, 6) is -0.265. The van der Waals surface area contributed by atoms with E-state index >= 15 is 0 Å². The number of aromatic nitrogens is 2. The van der Waals surface area contributed by atoms with Crippen LogP contribution < -0.4 is 5.32 Å². The Bertz CT molecular complexity index is 975. The molecule has 0 fully saturated rings. The first kappa shape index (κ1) is 16.5. The van der Waals surface area contributed by atoms with Gasteiger partial charge in [-0.1, -0.05) is 12.1 Å². The topological polar surface area (TPSA) is 78.1 Å². The molecule has 4 rings (SSSR count). The fraction of sp³-hybridized carbons (Fsp3) is 0.211. The molecule has 0 aliphatic carbocycles. The van der Waals surface area contributed by atoms with Crippen LogP contribution in [0.5, 0.6) is 0 Å². The number of carbonyl (C=O) groups is 2. The van der Waals surface area contributed by atoms with Gasteiger partial charge in [-0.3, -0.25) is 9.59 Å². The van der Waals surface area contributed by atoms with E-state index in [4.69, 9.17) is 0 Å². The Labute approximate surface area is 154 Å². The number of rotatable bonds is 4. The van der Waals surface area contributed by atoms with Crippen LogP contribution in [0.3, 0.4) is 0 Å². The molecule has 0 unspecified atom stereocenters. The quantitative estimate of drug-likeness (QED) is 0.745. The van der Waals surface area contributed by atoms with Gasteiger partial charge in [0.1, 0.15) is 5.65 Å². The van der Waals surface area contributed by atoms with Crippen LogP contribution in [0.2, 0.25) is 0 Å². The monoisotopic (exact) mass is 366 g/mol. The van der Waals surface area contributed by atoms with Crippen molar-refractivity contribution in [1.82, 2.24) is 20.2 Å². The molecule has 0 aromatic carbocycles. The van der Waals surface area contributed by atoms with E-state index in [-0.39, 0.29) is 18.4 Å². The molecular formula is C19H18N4O2S. The number of nitrogens with zero attached hydrogens (tertiary/aromatic N) is 2. The van der Waals surface area contributed by atoms with Crippen molar-refractivity contribution in [2.75, 3.05) is 19.6 Å². The van der Waals surface area contributed by atoms with Crippen molar-refractivity contribution in [1.29, 1.82) is 0 Å². The minimum Gasteiger partial charge on any atom is -0.346 e. The highest BCUT2D eigenvalue weighted by atomic mass is 32.1. The summed E-state index contributed by atoms with van der Waals surface area (Å²) in [5, 5.41) is 5.63. The molecule has 2 N–H and O–H groups in total. The average molecular weight is 366 g/mol. The predicted molar refractivity (Wildman–Crippen MR) is 102 cm³/mol. The smallest absolute Gasteiger partial charge is 0.261 e. The number of carbonyl (C=O) groups excluding carboxylic acids is 2. The molecule has 3 aromatic rings. The van der Waals surface area contributed by atoms with Crippen LogP contribution in [0, 0.1) is 0 Å². The fourth-order valence-electron chi connectivity index (χ4n) is 3.12. The lowest BCUT2D eigenvalue weighted by Gasteiger charge is -2.26. The highest BCUT2D eigenvalue weighted by molar-refractivity contribution is 7.12. The summed E-state index contributed by atoms with van der Waals surface area (Å²) in [5.41, 5.74) is 3.24. The SMILES string of the molecule is O=C(NCC(=O)N1CC=C(c2c[nH]c3ncccc23)CC1)c1cccs1. The lowest BCUT2D eigenvalue weighted by atomic mass is 9.99. The van der Waals surface area contributed by atoms with Crippen LogP contribution in [-0.4, -0.2) is 46.3 Å². The summed E-state index contributed by atoms with van der Waals surface area (Å²) in [7, 11) is 0. The summed E-state index contributed by atoms with van der Waals surface area (Å²) in [6.07, 6.45) is 6.61. The van der Waals surface area contributed by atoms with Gasteiger partial charge in [0.2, 0.25) is 5.91 Å². The van der Waals surface area contributed by atoms with E-state index in [1.807, 2.05) is 29.8 Å². The van der Waals surface area contributed by atoms with Crippen molar-refractivity contribution in [2.24, 2.45) is 0 Å². The third-order valence-electron chi connectivity index (χ3n) is 4.50. The Balaban J connectivity index is 1.38. The number of thiophene rings is 1. The van der Waals surface area contributed by atoms with E-state index < -0.39 is 0 Å². The van der Waals surface area contributed by atoms with Gasteiger partial charge in [0, 0.05) is 36.4 Å². The maximum atomic E-state index is 12.3. The van der Waals surface area contributed by atoms with Crippen LogP contribution in [-0.2, 0) is 4.79 Å². The van der Waals surface area contributed by atoms with Gasteiger partial charge in [0.15, 0.2) is 0 Å². The van der Waals surface area contributed by atoms with Crippen molar-refractivity contribution in [3.63, 3.8) is 0 Å². The van der Waals surface area contributed by atoms with Crippen molar-refractivity contribution in [2.45, 2.75) is 6.42 Å². The number of H-pyrrole nitrogens is 1. The molecule has 4 heterocycles. The molecule has 2 amide bonds. The number of amides is 2. The van der Waals surface area contributed by atoms with E-state index in [1.54, 1.807) is 17.2 Å². The number of nitrogens with one attached hydrogen (secondary N) is 2. The number of aromatic amines is 1. The van der Waals surface area contributed by atoms with Crippen LogP contribution >= 0.6 is 11.3 Å². The minimum absolute atomic E-state index is 0.0247. The Morgan fingerprint density at radius 2 is 2.23 bits per heavy atom. The lowest BCUT2D eigenvalue weighted by Crippen LogP contribution is -2.41. The van der Waals surface area contributed by atoms with Crippen molar-refractivity contribution in [3.8, 4) is 0 Å². The first-order chi connectivity index (χ1) is 12.7. The molecule has 0 radical (unpaired) electrons. The molecule has 0 spiro atoms. The fourth-order valence-corrected chi connectivity index (χ4v) is 3.76. The van der Waals surface area contributed by atoms with Gasteiger partial charge >= 0.3 is 0 Å². The lowest BCUT2D eigenvalue weighted by molar-refractivity contribution is -0.129. The summed E-state index contributed by atoms with van der Waals surface area (Å²) in [6.45, 7) is 1.22. The second-order valence-electron chi connectivity index (χ2n) is 6.08. The number of pyridine rings is 1. The van der Waals surface area contributed by atoms with Crippen molar-refractivity contribution >= 4 is 39.8 Å². The third kappa shape index (κ3) is 3.25. The molecule has 1 aliphatic rings. The molecule has 0 bridgehead atoms. The summed E-state index contributed by atoms with van der Waals surface area (Å²) in [4.78, 5) is 34.2. The normalized spacial score (nSPS) is 14.3. The zero-order chi connectivity index (χ0) is 17.9. The Morgan fingerprint density at radius 1 is 1.31 bits per heavy atom. The first-order valence-electron chi connectivity index (χ1n) is 8.43.